The van der Waals surface area contributed by atoms with Gasteiger partial charge in [-0.15, -0.1) is 0 Å². The van der Waals surface area contributed by atoms with Crippen molar-refractivity contribution in [3.8, 4) is 11.5 Å². The normalized spacial score (nSPS) is 11.2. The number of alkyl halides is 3. The highest BCUT2D eigenvalue weighted by atomic mass is 19.4. The molecule has 0 aliphatic heterocycles. The maximum absolute atomic E-state index is 13.5. The summed E-state index contributed by atoms with van der Waals surface area (Å²) in [6, 6.07) is 17.7. The van der Waals surface area contributed by atoms with E-state index >= 15 is 0 Å². The van der Waals surface area contributed by atoms with Crippen LogP contribution < -0.4 is 14.4 Å². The Balaban J connectivity index is 2.01. The number of carbonyl (C=O) groups excluding carboxylic acids is 1. The highest BCUT2D eigenvalue weighted by molar-refractivity contribution is 5.81. The molecule has 0 heterocycles. The molecule has 3 aromatic rings. The molecular weight excluding hydrogens is 419 g/mol. The molecule has 0 spiro atoms. The Hall–Kier alpha value is -3.48. The highest BCUT2D eigenvalue weighted by Gasteiger charge is 2.35. The number of ether oxygens (including phenoxy) is 2. The van der Waals surface area contributed by atoms with Crippen molar-refractivity contribution >= 4 is 12.0 Å². The van der Waals surface area contributed by atoms with Crippen molar-refractivity contribution in [1.29, 1.82) is 0 Å². The molecule has 0 aromatic heterocycles. The minimum Gasteiger partial charge on any atom is -0.497 e. The van der Waals surface area contributed by atoms with Crippen LogP contribution >= 0.6 is 0 Å². The zero-order valence-electron chi connectivity index (χ0n) is 18.1. The van der Waals surface area contributed by atoms with Gasteiger partial charge in [-0.1, -0.05) is 24.3 Å². The summed E-state index contributed by atoms with van der Waals surface area (Å²) >= 11 is 0. The van der Waals surface area contributed by atoms with Crippen LogP contribution in [-0.4, -0.2) is 20.5 Å². The molecule has 0 atom stereocenters. The molecule has 0 aliphatic carbocycles. The Kier molecular flexibility index (Phi) is 7.08. The number of hydrogen-bond donors (Lipinski definition) is 0. The van der Waals surface area contributed by atoms with Gasteiger partial charge in [0.15, 0.2) is 6.29 Å². The molecule has 0 unspecified atom stereocenters. The van der Waals surface area contributed by atoms with Gasteiger partial charge in [0.05, 0.1) is 19.8 Å². The van der Waals surface area contributed by atoms with Gasteiger partial charge in [-0.05, 0) is 60.0 Å². The van der Waals surface area contributed by atoms with E-state index in [1.165, 1.54) is 19.1 Å². The first-order valence-corrected chi connectivity index (χ1v) is 9.93. The summed E-state index contributed by atoms with van der Waals surface area (Å²) < 4.78 is 50.8. The van der Waals surface area contributed by atoms with Gasteiger partial charge in [0, 0.05) is 24.3 Å². The van der Waals surface area contributed by atoms with E-state index in [0.29, 0.717) is 30.3 Å². The molecule has 0 N–H and O–H groups in total. The molecule has 0 amide bonds. The third-order valence-electron chi connectivity index (χ3n) is 5.19. The van der Waals surface area contributed by atoms with Crippen molar-refractivity contribution in [1.82, 2.24) is 0 Å². The van der Waals surface area contributed by atoms with Crippen LogP contribution in [0.1, 0.15) is 32.6 Å². The number of nitrogens with zero attached hydrogens (tertiary/aromatic N) is 1. The first-order valence-electron chi connectivity index (χ1n) is 9.93. The molecule has 7 heteroatoms. The lowest BCUT2D eigenvalue weighted by atomic mass is 10.00. The number of aldehydes is 1. The smallest absolute Gasteiger partial charge is 0.417 e. The summed E-state index contributed by atoms with van der Waals surface area (Å²) in [5.74, 6) is 1.42. The number of methoxy groups -OCH3 is 2. The zero-order valence-corrected chi connectivity index (χ0v) is 18.1. The zero-order chi connectivity index (χ0) is 23.3. The second-order valence-electron chi connectivity index (χ2n) is 7.39. The fourth-order valence-electron chi connectivity index (χ4n) is 3.60. The molecule has 32 heavy (non-hydrogen) atoms. The topological polar surface area (TPSA) is 38.8 Å². The van der Waals surface area contributed by atoms with Gasteiger partial charge in [-0.3, -0.25) is 4.79 Å². The standard InChI is InChI=1S/C25H24F3NO3/c1-17-12-21(13-20(16-30)24(17)25(26,27)28)29(14-18-4-8-22(31-2)9-5-18)15-19-6-10-23(32-3)11-7-19/h4-13,16H,14-15H2,1-3H3. The van der Waals surface area contributed by atoms with Gasteiger partial charge in [-0.2, -0.15) is 13.2 Å². The third kappa shape index (κ3) is 5.41. The molecule has 0 radical (unpaired) electrons. The minimum atomic E-state index is -4.60. The molecule has 168 valence electrons. The first kappa shape index (κ1) is 23.2. The van der Waals surface area contributed by atoms with Gasteiger partial charge in [0.2, 0.25) is 0 Å². The fourth-order valence-corrected chi connectivity index (χ4v) is 3.60. The molecule has 3 aromatic carbocycles. The summed E-state index contributed by atoms with van der Waals surface area (Å²) in [5.41, 5.74) is 1.16. The third-order valence-corrected chi connectivity index (χ3v) is 5.19. The number of rotatable bonds is 8. The predicted octanol–water partition coefficient (Wildman–Crippen LogP) is 6.05. The van der Waals surface area contributed by atoms with Crippen LogP contribution in [-0.2, 0) is 19.3 Å². The number of carbonyl (C=O) groups is 1. The van der Waals surface area contributed by atoms with Crippen molar-refractivity contribution in [3.05, 3.63) is 88.5 Å². The SMILES string of the molecule is COc1ccc(CN(Cc2ccc(OC)cc2)c2cc(C)c(C(F)(F)F)c(C=O)c2)cc1. The van der Waals surface area contributed by atoms with E-state index in [0.717, 1.165) is 11.1 Å². The maximum Gasteiger partial charge on any atom is 0.417 e. The van der Waals surface area contributed by atoms with Crippen LogP contribution in [0.15, 0.2) is 60.7 Å². The summed E-state index contributed by atoms with van der Waals surface area (Å²) in [7, 11) is 3.16. The number of halogens is 3. The van der Waals surface area contributed by atoms with E-state index in [1.807, 2.05) is 53.4 Å². The van der Waals surface area contributed by atoms with Gasteiger partial charge in [-0.25, -0.2) is 0 Å². The van der Waals surface area contributed by atoms with Crippen molar-refractivity contribution in [2.24, 2.45) is 0 Å². The van der Waals surface area contributed by atoms with E-state index in [-0.39, 0.29) is 17.4 Å². The predicted molar refractivity (Wildman–Crippen MR) is 117 cm³/mol. The lowest BCUT2D eigenvalue weighted by Crippen LogP contribution is -2.23. The Morgan fingerprint density at radius 1 is 0.844 bits per heavy atom. The van der Waals surface area contributed by atoms with Crippen LogP contribution in [0.4, 0.5) is 18.9 Å². The maximum atomic E-state index is 13.5. The summed E-state index contributed by atoms with van der Waals surface area (Å²) in [5, 5.41) is 0. The van der Waals surface area contributed by atoms with Crippen molar-refractivity contribution in [2.45, 2.75) is 26.2 Å². The van der Waals surface area contributed by atoms with E-state index in [2.05, 4.69) is 0 Å². The Bertz CT molecular complexity index is 1010. The monoisotopic (exact) mass is 443 g/mol. The number of hydrogen-bond acceptors (Lipinski definition) is 4. The largest absolute Gasteiger partial charge is 0.497 e. The van der Waals surface area contributed by atoms with E-state index < -0.39 is 11.7 Å². The van der Waals surface area contributed by atoms with Gasteiger partial charge < -0.3 is 14.4 Å². The van der Waals surface area contributed by atoms with E-state index in [1.54, 1.807) is 14.2 Å². The van der Waals surface area contributed by atoms with Crippen LogP contribution in [0, 0.1) is 6.92 Å². The summed E-state index contributed by atoms with van der Waals surface area (Å²) in [6.07, 6.45) is -4.34. The van der Waals surface area contributed by atoms with Crippen molar-refractivity contribution in [3.63, 3.8) is 0 Å². The Morgan fingerprint density at radius 3 is 1.69 bits per heavy atom. The summed E-state index contributed by atoms with van der Waals surface area (Å²) in [4.78, 5) is 13.4. The molecule has 0 saturated carbocycles. The molecular formula is C25H24F3NO3. The summed E-state index contributed by atoms with van der Waals surface area (Å²) in [6.45, 7) is 2.23. The molecule has 0 saturated heterocycles. The van der Waals surface area contributed by atoms with Crippen LogP contribution in [0.3, 0.4) is 0 Å². The fraction of sp³-hybridized carbons (Fsp3) is 0.240. The van der Waals surface area contributed by atoms with E-state index in [4.69, 9.17) is 9.47 Å². The lowest BCUT2D eigenvalue weighted by Gasteiger charge is -2.27. The molecule has 0 bridgehead atoms. The van der Waals surface area contributed by atoms with E-state index in [9.17, 15) is 18.0 Å². The lowest BCUT2D eigenvalue weighted by molar-refractivity contribution is -0.138. The number of benzene rings is 3. The average molecular weight is 443 g/mol. The van der Waals surface area contributed by atoms with Crippen LogP contribution in [0.5, 0.6) is 11.5 Å². The van der Waals surface area contributed by atoms with Crippen LogP contribution in [0.2, 0.25) is 0 Å². The molecule has 0 aliphatic rings. The Labute approximate surface area is 185 Å². The number of anilines is 1. The van der Waals surface area contributed by atoms with Crippen LogP contribution in [0.25, 0.3) is 0 Å². The van der Waals surface area contributed by atoms with Gasteiger partial charge in [0.1, 0.15) is 11.5 Å². The first-order chi connectivity index (χ1) is 15.2. The van der Waals surface area contributed by atoms with Gasteiger partial charge in [0.25, 0.3) is 0 Å². The average Bonchev–Trinajstić information content (AvgIpc) is 2.78. The van der Waals surface area contributed by atoms with Crippen molar-refractivity contribution in [2.75, 3.05) is 19.1 Å². The Morgan fingerprint density at radius 2 is 1.31 bits per heavy atom. The molecule has 4 nitrogen and oxygen atoms in total. The minimum absolute atomic E-state index is 0.00608. The molecule has 0 fully saturated rings. The van der Waals surface area contributed by atoms with Gasteiger partial charge >= 0.3 is 6.18 Å². The number of aryl methyl sites for hydroxylation is 1. The second kappa shape index (κ2) is 9.77. The van der Waals surface area contributed by atoms with Crippen molar-refractivity contribution < 1.29 is 27.4 Å². The quantitative estimate of drug-likeness (QED) is 0.397. The highest BCUT2D eigenvalue weighted by Crippen LogP contribution is 2.37. The second-order valence-corrected chi connectivity index (χ2v) is 7.39. The molecule has 3 rings (SSSR count).